The van der Waals surface area contributed by atoms with E-state index in [-0.39, 0.29) is 0 Å². The topological polar surface area (TPSA) is 21.3 Å². The fourth-order valence-electron chi connectivity index (χ4n) is 3.61. The first-order chi connectivity index (χ1) is 8.90. The van der Waals surface area contributed by atoms with Gasteiger partial charge < -0.3 is 10.1 Å². The molecule has 1 heterocycles. The molecule has 2 unspecified atom stereocenters. The van der Waals surface area contributed by atoms with Crippen LogP contribution in [0.4, 0.5) is 0 Å². The first-order valence-corrected chi connectivity index (χ1v) is 8.25. The van der Waals surface area contributed by atoms with E-state index >= 15 is 0 Å². The zero-order valence-electron chi connectivity index (χ0n) is 12.1. The van der Waals surface area contributed by atoms with Crippen LogP contribution < -0.4 is 5.32 Å². The van der Waals surface area contributed by atoms with Gasteiger partial charge in [-0.25, -0.2) is 0 Å². The SMILES string of the molecule is CCCNC(CCC1CCCO1)C1CCCCC1. The summed E-state index contributed by atoms with van der Waals surface area (Å²) in [6, 6.07) is 0.759. The van der Waals surface area contributed by atoms with Gasteiger partial charge in [-0.3, -0.25) is 0 Å². The molecule has 2 nitrogen and oxygen atoms in total. The van der Waals surface area contributed by atoms with Crippen molar-refractivity contribution in [2.24, 2.45) is 5.92 Å². The molecule has 1 saturated heterocycles. The van der Waals surface area contributed by atoms with Gasteiger partial charge in [0.15, 0.2) is 0 Å². The number of hydrogen-bond acceptors (Lipinski definition) is 2. The van der Waals surface area contributed by atoms with Crippen molar-refractivity contribution in [1.82, 2.24) is 5.32 Å². The second-order valence-electron chi connectivity index (χ2n) is 6.17. The second-order valence-corrected chi connectivity index (χ2v) is 6.17. The maximum Gasteiger partial charge on any atom is 0.0576 e. The Hall–Kier alpha value is -0.0800. The third-order valence-corrected chi connectivity index (χ3v) is 4.70. The minimum atomic E-state index is 0.569. The molecule has 0 radical (unpaired) electrons. The van der Waals surface area contributed by atoms with Crippen LogP contribution in [0, 0.1) is 5.92 Å². The highest BCUT2D eigenvalue weighted by molar-refractivity contribution is 4.81. The molecule has 0 spiro atoms. The largest absolute Gasteiger partial charge is 0.378 e. The molecule has 106 valence electrons. The van der Waals surface area contributed by atoms with Gasteiger partial charge in [0.1, 0.15) is 0 Å². The van der Waals surface area contributed by atoms with Crippen LogP contribution in [-0.2, 0) is 4.74 Å². The number of ether oxygens (including phenoxy) is 1. The summed E-state index contributed by atoms with van der Waals surface area (Å²) >= 11 is 0. The van der Waals surface area contributed by atoms with Gasteiger partial charge in [-0.2, -0.15) is 0 Å². The molecule has 0 aromatic heterocycles. The number of rotatable bonds is 7. The van der Waals surface area contributed by atoms with Gasteiger partial charge in [0, 0.05) is 12.6 Å². The maximum atomic E-state index is 5.77. The molecule has 1 saturated carbocycles. The third kappa shape index (κ3) is 4.55. The van der Waals surface area contributed by atoms with Crippen LogP contribution in [0.3, 0.4) is 0 Å². The molecule has 1 N–H and O–H groups in total. The van der Waals surface area contributed by atoms with E-state index in [1.54, 1.807) is 0 Å². The summed E-state index contributed by atoms with van der Waals surface area (Å²) in [7, 11) is 0. The lowest BCUT2D eigenvalue weighted by molar-refractivity contribution is 0.0955. The van der Waals surface area contributed by atoms with E-state index in [1.165, 1.54) is 70.8 Å². The number of nitrogens with one attached hydrogen (secondary N) is 1. The highest BCUT2D eigenvalue weighted by atomic mass is 16.5. The van der Waals surface area contributed by atoms with Crippen molar-refractivity contribution in [2.45, 2.75) is 83.3 Å². The molecule has 18 heavy (non-hydrogen) atoms. The standard InChI is InChI=1S/C16H31NO/c1-2-12-17-16(14-7-4-3-5-8-14)11-10-15-9-6-13-18-15/h14-17H,2-13H2,1H3. The Morgan fingerprint density at radius 2 is 1.94 bits per heavy atom. The van der Waals surface area contributed by atoms with Gasteiger partial charge in [-0.15, -0.1) is 0 Å². The summed E-state index contributed by atoms with van der Waals surface area (Å²) in [4.78, 5) is 0. The van der Waals surface area contributed by atoms with E-state index in [1.807, 2.05) is 0 Å². The molecule has 0 aromatic carbocycles. The Kier molecular flexibility index (Phi) is 6.50. The normalized spacial score (nSPS) is 27.5. The van der Waals surface area contributed by atoms with E-state index in [0.717, 1.165) is 18.6 Å². The average molecular weight is 253 g/mol. The highest BCUT2D eigenvalue weighted by Gasteiger charge is 2.25. The van der Waals surface area contributed by atoms with Crippen molar-refractivity contribution in [1.29, 1.82) is 0 Å². The van der Waals surface area contributed by atoms with Crippen LogP contribution in [0.2, 0.25) is 0 Å². The van der Waals surface area contributed by atoms with Crippen LogP contribution >= 0.6 is 0 Å². The van der Waals surface area contributed by atoms with E-state index in [2.05, 4.69) is 12.2 Å². The van der Waals surface area contributed by atoms with Gasteiger partial charge >= 0.3 is 0 Å². The molecule has 0 bridgehead atoms. The van der Waals surface area contributed by atoms with Crippen molar-refractivity contribution >= 4 is 0 Å². The van der Waals surface area contributed by atoms with Gasteiger partial charge in [-0.1, -0.05) is 26.2 Å². The molecule has 0 amide bonds. The molecule has 2 aliphatic rings. The zero-order chi connectivity index (χ0) is 12.6. The molecule has 1 aliphatic heterocycles. The maximum absolute atomic E-state index is 5.77. The fraction of sp³-hybridized carbons (Fsp3) is 1.00. The Balaban J connectivity index is 1.75. The van der Waals surface area contributed by atoms with Gasteiger partial charge in [0.2, 0.25) is 0 Å². The first kappa shape index (κ1) is 14.3. The smallest absolute Gasteiger partial charge is 0.0576 e. The molecular weight excluding hydrogens is 222 g/mol. The lowest BCUT2D eigenvalue weighted by atomic mass is 9.81. The van der Waals surface area contributed by atoms with Crippen LogP contribution in [-0.4, -0.2) is 25.3 Å². The Morgan fingerprint density at radius 1 is 1.11 bits per heavy atom. The molecule has 2 rings (SSSR count). The summed E-state index contributed by atoms with van der Waals surface area (Å²) in [6.45, 7) is 4.46. The lowest BCUT2D eigenvalue weighted by Crippen LogP contribution is -2.38. The van der Waals surface area contributed by atoms with Crippen molar-refractivity contribution in [3.05, 3.63) is 0 Å². The van der Waals surface area contributed by atoms with Gasteiger partial charge in [0.05, 0.1) is 6.10 Å². The third-order valence-electron chi connectivity index (χ3n) is 4.70. The quantitative estimate of drug-likeness (QED) is 0.743. The Morgan fingerprint density at radius 3 is 2.61 bits per heavy atom. The lowest BCUT2D eigenvalue weighted by Gasteiger charge is -2.31. The monoisotopic (exact) mass is 253 g/mol. The summed E-state index contributed by atoms with van der Waals surface area (Å²) in [5, 5.41) is 3.81. The van der Waals surface area contributed by atoms with Crippen LogP contribution in [0.15, 0.2) is 0 Å². The molecular formula is C16H31NO. The minimum absolute atomic E-state index is 0.569. The average Bonchev–Trinajstić information content (AvgIpc) is 2.93. The summed E-state index contributed by atoms with van der Waals surface area (Å²) in [6.07, 6.45) is 14.3. The van der Waals surface area contributed by atoms with Gasteiger partial charge in [-0.05, 0) is 57.4 Å². The minimum Gasteiger partial charge on any atom is -0.378 e. The van der Waals surface area contributed by atoms with Crippen LogP contribution in [0.25, 0.3) is 0 Å². The second kappa shape index (κ2) is 8.16. The van der Waals surface area contributed by atoms with Crippen LogP contribution in [0.5, 0.6) is 0 Å². The summed E-state index contributed by atoms with van der Waals surface area (Å²) < 4.78 is 5.77. The fourth-order valence-corrected chi connectivity index (χ4v) is 3.61. The van der Waals surface area contributed by atoms with Crippen molar-refractivity contribution in [3.8, 4) is 0 Å². The Bertz CT molecular complexity index is 207. The molecule has 2 fully saturated rings. The summed E-state index contributed by atoms with van der Waals surface area (Å²) in [5.74, 6) is 0.937. The first-order valence-electron chi connectivity index (χ1n) is 8.25. The molecule has 0 aromatic rings. The highest BCUT2D eigenvalue weighted by Crippen LogP contribution is 2.29. The summed E-state index contributed by atoms with van der Waals surface area (Å²) in [5.41, 5.74) is 0. The Labute approximate surface area is 113 Å². The van der Waals surface area contributed by atoms with Crippen molar-refractivity contribution in [3.63, 3.8) is 0 Å². The molecule has 1 aliphatic carbocycles. The van der Waals surface area contributed by atoms with Gasteiger partial charge in [0.25, 0.3) is 0 Å². The van der Waals surface area contributed by atoms with E-state index in [9.17, 15) is 0 Å². The van der Waals surface area contributed by atoms with E-state index in [4.69, 9.17) is 4.74 Å². The van der Waals surface area contributed by atoms with Crippen molar-refractivity contribution < 1.29 is 4.74 Å². The predicted molar refractivity (Wildman–Crippen MR) is 76.9 cm³/mol. The molecule has 2 heteroatoms. The zero-order valence-corrected chi connectivity index (χ0v) is 12.1. The van der Waals surface area contributed by atoms with Crippen LogP contribution in [0.1, 0.15) is 71.1 Å². The predicted octanol–water partition coefficient (Wildman–Crippen LogP) is 3.89. The molecule has 2 atom stereocenters. The van der Waals surface area contributed by atoms with Crippen molar-refractivity contribution in [2.75, 3.05) is 13.2 Å². The van der Waals surface area contributed by atoms with E-state index < -0.39 is 0 Å². The van der Waals surface area contributed by atoms with E-state index in [0.29, 0.717) is 6.10 Å². The number of hydrogen-bond donors (Lipinski definition) is 1.